The van der Waals surface area contributed by atoms with Gasteiger partial charge in [0.2, 0.25) is 5.91 Å². The van der Waals surface area contributed by atoms with Crippen LogP contribution in [-0.4, -0.2) is 92.5 Å². The number of rotatable bonds is 10. The molecule has 9 heteroatoms. The molecule has 0 bridgehead atoms. The molecule has 9 nitrogen and oxygen atoms in total. The number of para-hydroxylation sites is 1. The Morgan fingerprint density at radius 3 is 2.56 bits per heavy atom. The first-order valence-corrected chi connectivity index (χ1v) is 13.8. The maximum Gasteiger partial charge on any atom is 0.262 e. The highest BCUT2D eigenvalue weighted by Crippen LogP contribution is 2.38. The normalized spacial score (nSPS) is 19.8. The average molecular weight is 535 g/mol. The number of morpholine rings is 1. The van der Waals surface area contributed by atoms with Crippen molar-refractivity contribution in [1.29, 1.82) is 0 Å². The first-order chi connectivity index (χ1) is 19.1. The summed E-state index contributed by atoms with van der Waals surface area (Å²) < 4.78 is 16.5. The SMILES string of the molecule is COc1cccc(C2=NN(C(=O)CN(CCN3CCOCC3)C(=O)C3CCC3)[C@H](c3ccccc3OC)C2)c1. The lowest BCUT2D eigenvalue weighted by Gasteiger charge is -2.34. The lowest BCUT2D eigenvalue weighted by atomic mass is 9.84. The summed E-state index contributed by atoms with van der Waals surface area (Å²) in [5.41, 5.74) is 2.59. The van der Waals surface area contributed by atoms with Gasteiger partial charge in [-0.3, -0.25) is 14.5 Å². The van der Waals surface area contributed by atoms with E-state index in [1.54, 1.807) is 24.1 Å². The Hall–Kier alpha value is -3.43. The van der Waals surface area contributed by atoms with Crippen LogP contribution in [0.25, 0.3) is 0 Å². The molecule has 2 aromatic carbocycles. The molecule has 0 N–H and O–H groups in total. The zero-order chi connectivity index (χ0) is 27.2. The van der Waals surface area contributed by atoms with Crippen molar-refractivity contribution in [2.75, 3.05) is 60.2 Å². The molecule has 2 aromatic rings. The van der Waals surface area contributed by atoms with Crippen LogP contribution in [0.2, 0.25) is 0 Å². The summed E-state index contributed by atoms with van der Waals surface area (Å²) >= 11 is 0. The third-order valence-corrected chi connectivity index (χ3v) is 7.95. The number of benzene rings is 2. The van der Waals surface area contributed by atoms with Gasteiger partial charge < -0.3 is 19.1 Å². The molecule has 2 amide bonds. The second-order valence-corrected chi connectivity index (χ2v) is 10.3. The van der Waals surface area contributed by atoms with Crippen molar-refractivity contribution in [1.82, 2.24) is 14.8 Å². The second kappa shape index (κ2) is 12.6. The van der Waals surface area contributed by atoms with Crippen molar-refractivity contribution >= 4 is 17.5 Å². The smallest absolute Gasteiger partial charge is 0.262 e. The van der Waals surface area contributed by atoms with E-state index in [0.29, 0.717) is 31.9 Å². The van der Waals surface area contributed by atoms with E-state index in [1.165, 1.54) is 0 Å². The molecule has 1 saturated heterocycles. The average Bonchev–Trinajstić information content (AvgIpc) is 3.40. The predicted octanol–water partition coefficient (Wildman–Crippen LogP) is 3.34. The predicted molar refractivity (Wildman–Crippen MR) is 148 cm³/mol. The van der Waals surface area contributed by atoms with Gasteiger partial charge in [-0.1, -0.05) is 36.8 Å². The first kappa shape index (κ1) is 27.1. The molecule has 3 aliphatic rings. The molecule has 0 unspecified atom stereocenters. The zero-order valence-corrected chi connectivity index (χ0v) is 22.9. The van der Waals surface area contributed by atoms with Crippen molar-refractivity contribution in [2.24, 2.45) is 11.0 Å². The van der Waals surface area contributed by atoms with Gasteiger partial charge in [-0.2, -0.15) is 5.10 Å². The summed E-state index contributed by atoms with van der Waals surface area (Å²) in [5, 5.41) is 6.39. The lowest BCUT2D eigenvalue weighted by molar-refractivity contribution is -0.145. The third-order valence-electron chi connectivity index (χ3n) is 7.95. The summed E-state index contributed by atoms with van der Waals surface area (Å²) in [4.78, 5) is 31.4. The number of ether oxygens (including phenoxy) is 3. The molecule has 5 rings (SSSR count). The molecular formula is C30H38N4O5. The number of hydrogen-bond acceptors (Lipinski definition) is 7. The van der Waals surface area contributed by atoms with E-state index in [0.717, 1.165) is 61.5 Å². The highest BCUT2D eigenvalue weighted by molar-refractivity contribution is 6.03. The fourth-order valence-electron chi connectivity index (χ4n) is 5.40. The Kier molecular flexibility index (Phi) is 8.78. The van der Waals surface area contributed by atoms with Crippen LogP contribution in [0.15, 0.2) is 53.6 Å². The van der Waals surface area contributed by atoms with Crippen molar-refractivity contribution in [3.63, 3.8) is 0 Å². The molecule has 0 aromatic heterocycles. The van der Waals surface area contributed by atoms with E-state index in [4.69, 9.17) is 19.3 Å². The van der Waals surface area contributed by atoms with Crippen molar-refractivity contribution in [3.05, 3.63) is 59.7 Å². The molecule has 208 valence electrons. The lowest BCUT2D eigenvalue weighted by Crippen LogP contribution is -2.49. The Bertz CT molecular complexity index is 1190. The Morgan fingerprint density at radius 1 is 1.05 bits per heavy atom. The minimum atomic E-state index is -0.338. The largest absolute Gasteiger partial charge is 0.497 e. The molecule has 2 aliphatic heterocycles. The van der Waals surface area contributed by atoms with Crippen molar-refractivity contribution < 1.29 is 23.8 Å². The molecule has 0 spiro atoms. The summed E-state index contributed by atoms with van der Waals surface area (Å²) in [5.74, 6) is 1.33. The minimum absolute atomic E-state index is 0.000211. The van der Waals surface area contributed by atoms with Crippen LogP contribution in [0.3, 0.4) is 0 Å². The van der Waals surface area contributed by atoms with Crippen molar-refractivity contribution in [2.45, 2.75) is 31.7 Å². The van der Waals surface area contributed by atoms with Gasteiger partial charge in [-0.15, -0.1) is 0 Å². The quantitative estimate of drug-likeness (QED) is 0.465. The van der Waals surface area contributed by atoms with Crippen LogP contribution in [0.4, 0.5) is 0 Å². The molecule has 0 radical (unpaired) electrons. The van der Waals surface area contributed by atoms with E-state index >= 15 is 0 Å². The number of hydrogen-bond donors (Lipinski definition) is 0. The van der Waals surface area contributed by atoms with E-state index in [2.05, 4.69) is 4.90 Å². The van der Waals surface area contributed by atoms with Crippen LogP contribution >= 0.6 is 0 Å². The maximum atomic E-state index is 13.9. The van der Waals surface area contributed by atoms with E-state index in [1.807, 2.05) is 48.5 Å². The van der Waals surface area contributed by atoms with Crippen LogP contribution in [0.5, 0.6) is 11.5 Å². The van der Waals surface area contributed by atoms with E-state index < -0.39 is 0 Å². The van der Waals surface area contributed by atoms with Gasteiger partial charge >= 0.3 is 0 Å². The number of nitrogens with zero attached hydrogens (tertiary/aromatic N) is 4. The minimum Gasteiger partial charge on any atom is -0.497 e. The van der Waals surface area contributed by atoms with Gasteiger partial charge in [0.25, 0.3) is 5.91 Å². The maximum absolute atomic E-state index is 13.9. The molecule has 1 aliphatic carbocycles. The Labute approximate surface area is 230 Å². The number of hydrazone groups is 1. The summed E-state index contributed by atoms with van der Waals surface area (Å²) in [7, 11) is 3.27. The molecule has 39 heavy (non-hydrogen) atoms. The van der Waals surface area contributed by atoms with Gasteiger partial charge in [-0.25, -0.2) is 5.01 Å². The van der Waals surface area contributed by atoms with E-state index in [9.17, 15) is 9.59 Å². The van der Waals surface area contributed by atoms with Gasteiger partial charge in [0, 0.05) is 49.6 Å². The second-order valence-electron chi connectivity index (χ2n) is 10.3. The standard InChI is InChI=1S/C30H38N4O5/c1-37-24-10-6-9-23(19-24)26-20-27(25-11-3-4-12-28(25)38-2)34(31-26)29(35)21-33(30(36)22-7-5-8-22)14-13-32-15-17-39-18-16-32/h3-4,6,9-12,19,22,27H,5,7-8,13-18,20-21H2,1-2H3/t27-/m0/s1. The zero-order valence-electron chi connectivity index (χ0n) is 22.9. The van der Waals surface area contributed by atoms with Gasteiger partial charge in [-0.05, 0) is 31.0 Å². The fourth-order valence-corrected chi connectivity index (χ4v) is 5.40. The Balaban J connectivity index is 1.40. The summed E-state index contributed by atoms with van der Waals surface area (Å²) in [6.07, 6.45) is 3.39. The fraction of sp³-hybridized carbons (Fsp3) is 0.500. The summed E-state index contributed by atoms with van der Waals surface area (Å²) in [6, 6.07) is 15.1. The molecule has 1 atom stereocenters. The highest BCUT2D eigenvalue weighted by Gasteiger charge is 2.37. The van der Waals surface area contributed by atoms with Gasteiger partial charge in [0.15, 0.2) is 0 Å². The number of amides is 2. The molecule has 2 heterocycles. The van der Waals surface area contributed by atoms with E-state index in [-0.39, 0.29) is 30.3 Å². The first-order valence-electron chi connectivity index (χ1n) is 13.8. The van der Waals surface area contributed by atoms with Crippen LogP contribution in [0.1, 0.15) is 42.9 Å². The number of carbonyl (C=O) groups is 2. The molecule has 2 fully saturated rings. The third kappa shape index (κ3) is 6.25. The van der Waals surface area contributed by atoms with Crippen LogP contribution in [-0.2, 0) is 14.3 Å². The van der Waals surface area contributed by atoms with Crippen LogP contribution in [0, 0.1) is 5.92 Å². The summed E-state index contributed by atoms with van der Waals surface area (Å²) in [6.45, 7) is 4.33. The van der Waals surface area contributed by atoms with Gasteiger partial charge in [0.1, 0.15) is 18.0 Å². The highest BCUT2D eigenvalue weighted by atomic mass is 16.5. The monoisotopic (exact) mass is 534 g/mol. The number of methoxy groups -OCH3 is 2. The van der Waals surface area contributed by atoms with Gasteiger partial charge in [0.05, 0.1) is 39.2 Å². The van der Waals surface area contributed by atoms with Crippen LogP contribution < -0.4 is 9.47 Å². The Morgan fingerprint density at radius 2 is 1.85 bits per heavy atom. The van der Waals surface area contributed by atoms with Crippen molar-refractivity contribution in [3.8, 4) is 11.5 Å². The molecule has 1 saturated carbocycles. The molecular weight excluding hydrogens is 496 g/mol. The number of carbonyl (C=O) groups excluding carboxylic acids is 2. The topological polar surface area (TPSA) is 83.9 Å².